The molecule has 3 amide bonds. The third-order valence-corrected chi connectivity index (χ3v) is 8.45. The molecule has 0 spiro atoms. The average molecular weight is 652 g/mol. The summed E-state index contributed by atoms with van der Waals surface area (Å²) in [5, 5.41) is 10.3. The average Bonchev–Trinajstić information content (AvgIpc) is 3.39. The van der Waals surface area contributed by atoms with Crippen LogP contribution in [0.5, 0.6) is 5.75 Å². The third kappa shape index (κ3) is 8.34. The molecule has 0 aromatic heterocycles. The molecule has 13 nitrogen and oxygen atoms in total. The summed E-state index contributed by atoms with van der Waals surface area (Å²) in [6, 6.07) is 9.19. The Morgan fingerprint density at radius 2 is 1.78 bits per heavy atom. The van der Waals surface area contributed by atoms with Crippen LogP contribution >= 0.6 is 0 Å². The molecule has 2 heterocycles. The van der Waals surface area contributed by atoms with Gasteiger partial charge in [-0.25, -0.2) is 23.0 Å². The van der Waals surface area contributed by atoms with Crippen LogP contribution in [0.2, 0.25) is 0 Å². The summed E-state index contributed by atoms with van der Waals surface area (Å²) < 4.78 is 55.9. The van der Waals surface area contributed by atoms with E-state index in [0.717, 1.165) is 4.90 Å². The van der Waals surface area contributed by atoms with Crippen molar-refractivity contribution >= 4 is 39.7 Å². The minimum atomic E-state index is -4.43. The fourth-order valence-corrected chi connectivity index (χ4v) is 6.17. The molecule has 2 aliphatic heterocycles. The highest BCUT2D eigenvalue weighted by molar-refractivity contribution is 7.92. The quantitative estimate of drug-likeness (QED) is 0.360. The zero-order valence-electron chi connectivity index (χ0n) is 26.4. The maximum atomic E-state index is 16.5. The lowest BCUT2D eigenvalue weighted by atomic mass is 9.92. The van der Waals surface area contributed by atoms with Gasteiger partial charge in [0.1, 0.15) is 30.2 Å². The molecule has 248 valence electrons. The van der Waals surface area contributed by atoms with E-state index in [4.69, 9.17) is 9.47 Å². The largest absolute Gasteiger partial charge is 0.487 e. The fourth-order valence-electron chi connectivity index (χ4n) is 5.01. The number of carbonyl (C=O) groups excluding carboxylic acids is 2. The number of amides is 3. The van der Waals surface area contributed by atoms with E-state index in [1.807, 2.05) is 25.5 Å². The van der Waals surface area contributed by atoms with Gasteiger partial charge in [0.2, 0.25) is 0 Å². The van der Waals surface area contributed by atoms with E-state index < -0.39 is 58.0 Å². The van der Waals surface area contributed by atoms with E-state index in [2.05, 4.69) is 0 Å². The van der Waals surface area contributed by atoms with Crippen LogP contribution in [0.1, 0.15) is 59.1 Å². The third-order valence-electron chi connectivity index (χ3n) is 7.08. The van der Waals surface area contributed by atoms with Crippen molar-refractivity contribution < 1.29 is 41.8 Å². The molecule has 2 aliphatic rings. The Balaban J connectivity index is 0.00000552. The van der Waals surface area contributed by atoms with E-state index in [0.29, 0.717) is 16.3 Å². The number of ether oxygens (including phenoxy) is 2. The van der Waals surface area contributed by atoms with Gasteiger partial charge in [0, 0.05) is 31.1 Å². The summed E-state index contributed by atoms with van der Waals surface area (Å²) in [6.07, 6.45) is -1.60. The van der Waals surface area contributed by atoms with Crippen molar-refractivity contribution in [2.75, 3.05) is 28.8 Å². The standard InChI is InChI=1S/C30H39FN4O8S.H3N/c1-29(2,3)12-13-33(28(39)43-30(4,5)6)16-20-14-21-22(35(20)27(37)38)15-23(42-18-19-10-8-7-9-11-19)26(25(21)31)34-17-24(36)32-44(34,40)41;/h7-11,15,20H,12-14,16-18H2,1-6H3,(H,32,36)(H,37,38);1H3/t20-;/m1./s1. The molecule has 0 bridgehead atoms. The van der Waals surface area contributed by atoms with Crippen molar-refractivity contribution in [3.8, 4) is 5.75 Å². The summed E-state index contributed by atoms with van der Waals surface area (Å²) >= 11 is 0. The SMILES string of the molecule is CC(C)(C)CCN(C[C@H]1Cc2c(cc(OCc3ccccc3)c(N3CC(=O)NS3(=O)=O)c2F)N1C(=O)O)C(=O)OC(C)(C)C.N. The number of nitrogens with one attached hydrogen (secondary N) is 1. The van der Waals surface area contributed by atoms with Crippen molar-refractivity contribution in [3.63, 3.8) is 0 Å². The van der Waals surface area contributed by atoms with Gasteiger partial charge in [-0.2, -0.15) is 8.42 Å². The van der Waals surface area contributed by atoms with Gasteiger partial charge in [0.05, 0.1) is 11.7 Å². The molecule has 5 N–H and O–H groups in total. The second kappa shape index (κ2) is 13.1. The molecule has 4 rings (SSSR count). The first-order valence-electron chi connectivity index (χ1n) is 14.2. The lowest BCUT2D eigenvalue weighted by Crippen LogP contribution is -2.48. The number of hydrogen-bond donors (Lipinski definition) is 3. The number of rotatable bonds is 8. The number of halogens is 1. The summed E-state index contributed by atoms with van der Waals surface area (Å²) in [7, 11) is -4.43. The molecule has 0 saturated carbocycles. The molecule has 2 aromatic rings. The Morgan fingerprint density at radius 3 is 2.31 bits per heavy atom. The number of carboxylic acid groups (broad SMARTS) is 1. The highest BCUT2D eigenvalue weighted by Crippen LogP contribution is 2.45. The molecule has 15 heteroatoms. The van der Waals surface area contributed by atoms with Crippen LogP contribution in [-0.2, 0) is 32.8 Å². The van der Waals surface area contributed by atoms with Gasteiger partial charge in [0.15, 0.2) is 5.82 Å². The highest BCUT2D eigenvalue weighted by Gasteiger charge is 2.44. The number of carbonyl (C=O) groups is 3. The summed E-state index contributed by atoms with van der Waals surface area (Å²) in [6.45, 7) is 10.6. The fraction of sp³-hybridized carbons (Fsp3) is 0.500. The van der Waals surface area contributed by atoms with Crippen molar-refractivity contribution in [1.82, 2.24) is 15.8 Å². The molecular formula is C30H42FN5O8S. The van der Waals surface area contributed by atoms with Crippen LogP contribution in [0, 0.1) is 11.2 Å². The first-order chi connectivity index (χ1) is 20.4. The Bertz CT molecular complexity index is 1540. The Labute approximate surface area is 263 Å². The van der Waals surface area contributed by atoms with Crippen LogP contribution in [0.4, 0.5) is 25.4 Å². The van der Waals surface area contributed by atoms with Gasteiger partial charge in [-0.1, -0.05) is 51.1 Å². The Kier molecular flexibility index (Phi) is 10.3. The maximum Gasteiger partial charge on any atom is 0.412 e. The number of hydrogen-bond acceptors (Lipinski definition) is 8. The van der Waals surface area contributed by atoms with Gasteiger partial charge in [0.25, 0.3) is 5.91 Å². The first kappa shape index (κ1) is 35.4. The smallest absolute Gasteiger partial charge is 0.412 e. The topological polar surface area (TPSA) is 181 Å². The predicted molar refractivity (Wildman–Crippen MR) is 166 cm³/mol. The Hall–Kier alpha value is -4.11. The maximum absolute atomic E-state index is 16.5. The van der Waals surface area contributed by atoms with Crippen LogP contribution < -0.4 is 24.8 Å². The van der Waals surface area contributed by atoms with Gasteiger partial charge >= 0.3 is 22.4 Å². The lowest BCUT2D eigenvalue weighted by Gasteiger charge is -2.33. The molecule has 0 radical (unpaired) electrons. The molecule has 0 unspecified atom stereocenters. The van der Waals surface area contributed by atoms with E-state index >= 15 is 4.39 Å². The van der Waals surface area contributed by atoms with E-state index in [9.17, 15) is 27.9 Å². The number of fused-ring (bicyclic) bond motifs is 1. The lowest BCUT2D eigenvalue weighted by molar-refractivity contribution is -0.117. The second-order valence-corrected chi connectivity index (χ2v) is 14.7. The monoisotopic (exact) mass is 651 g/mol. The van der Waals surface area contributed by atoms with Crippen LogP contribution in [0.15, 0.2) is 36.4 Å². The molecular weight excluding hydrogens is 609 g/mol. The van der Waals surface area contributed by atoms with E-state index in [-0.39, 0.29) is 54.7 Å². The van der Waals surface area contributed by atoms with Gasteiger partial charge in [-0.15, -0.1) is 0 Å². The number of anilines is 2. The summed E-state index contributed by atoms with van der Waals surface area (Å²) in [4.78, 5) is 40.3. The molecule has 0 aliphatic carbocycles. The van der Waals surface area contributed by atoms with Crippen molar-refractivity contribution in [3.05, 3.63) is 53.3 Å². The van der Waals surface area contributed by atoms with E-state index in [1.54, 1.807) is 51.1 Å². The zero-order valence-corrected chi connectivity index (χ0v) is 27.2. The van der Waals surface area contributed by atoms with E-state index in [1.165, 1.54) is 11.0 Å². The zero-order chi connectivity index (χ0) is 32.6. The molecule has 45 heavy (non-hydrogen) atoms. The minimum absolute atomic E-state index is 0. The van der Waals surface area contributed by atoms with Crippen molar-refractivity contribution in [2.24, 2.45) is 5.41 Å². The highest BCUT2D eigenvalue weighted by atomic mass is 32.2. The van der Waals surface area contributed by atoms with Crippen LogP contribution in [0.25, 0.3) is 0 Å². The Morgan fingerprint density at radius 1 is 1.13 bits per heavy atom. The molecule has 1 saturated heterocycles. The molecule has 1 fully saturated rings. The van der Waals surface area contributed by atoms with Crippen molar-refractivity contribution in [2.45, 2.75) is 72.6 Å². The second-order valence-electron chi connectivity index (χ2n) is 13.1. The van der Waals surface area contributed by atoms with Gasteiger partial charge < -0.3 is 25.6 Å². The van der Waals surface area contributed by atoms with Gasteiger partial charge in [-0.05, 0) is 38.2 Å². The minimum Gasteiger partial charge on any atom is -0.487 e. The van der Waals surface area contributed by atoms with Crippen LogP contribution in [0.3, 0.4) is 0 Å². The van der Waals surface area contributed by atoms with Crippen LogP contribution in [-0.4, -0.2) is 67.8 Å². The molecule has 1 atom stereocenters. The number of nitrogens with zero attached hydrogens (tertiary/aromatic N) is 3. The number of benzene rings is 2. The normalized spacial score (nSPS) is 17.3. The summed E-state index contributed by atoms with van der Waals surface area (Å²) in [5.41, 5.74) is -0.875. The predicted octanol–water partition coefficient (Wildman–Crippen LogP) is 4.83. The molecule has 2 aromatic carbocycles. The summed E-state index contributed by atoms with van der Waals surface area (Å²) in [5.74, 6) is -2.14. The van der Waals surface area contributed by atoms with Gasteiger partial charge in [-0.3, -0.25) is 9.69 Å². The first-order valence-corrected chi connectivity index (χ1v) is 15.7. The van der Waals surface area contributed by atoms with Crippen molar-refractivity contribution in [1.29, 1.82) is 0 Å².